The molecule has 0 aromatic carbocycles. The van der Waals surface area contributed by atoms with Crippen LogP contribution in [-0.4, -0.2) is 24.7 Å². The Balaban J connectivity index is 1.99. The van der Waals surface area contributed by atoms with Gasteiger partial charge in [-0.1, -0.05) is 0 Å². The van der Waals surface area contributed by atoms with E-state index in [0.29, 0.717) is 12.1 Å². The third-order valence-electron chi connectivity index (χ3n) is 3.33. The maximum atomic E-state index is 5.30. The Hall–Kier alpha value is -0.450. The fourth-order valence-corrected chi connectivity index (χ4v) is 3.28. The largest absolute Gasteiger partial charge is 0.383 e. The molecule has 17 heavy (non-hydrogen) atoms. The van der Waals surface area contributed by atoms with Gasteiger partial charge in [-0.3, -0.25) is 0 Å². The van der Waals surface area contributed by atoms with Gasteiger partial charge < -0.3 is 10.1 Å². The SMILES string of the molecule is COCC(NC(C)c1sc(C)nc1C)C1CC1. The molecular weight excluding hydrogens is 232 g/mol. The average Bonchev–Trinajstić information content (AvgIpc) is 3.04. The summed E-state index contributed by atoms with van der Waals surface area (Å²) in [5.41, 5.74) is 1.17. The summed E-state index contributed by atoms with van der Waals surface area (Å²) in [7, 11) is 1.78. The van der Waals surface area contributed by atoms with Crippen molar-refractivity contribution in [3.63, 3.8) is 0 Å². The number of hydrogen-bond acceptors (Lipinski definition) is 4. The summed E-state index contributed by atoms with van der Waals surface area (Å²) in [6, 6.07) is 0.874. The number of hydrogen-bond donors (Lipinski definition) is 1. The lowest BCUT2D eigenvalue weighted by molar-refractivity contribution is 0.152. The first-order chi connectivity index (χ1) is 8.11. The summed E-state index contributed by atoms with van der Waals surface area (Å²) in [5.74, 6) is 0.812. The van der Waals surface area contributed by atoms with Crippen molar-refractivity contribution in [1.29, 1.82) is 0 Å². The van der Waals surface area contributed by atoms with Gasteiger partial charge in [0.15, 0.2) is 0 Å². The molecule has 1 aliphatic rings. The molecular formula is C13H22N2OS. The topological polar surface area (TPSA) is 34.1 Å². The number of ether oxygens (including phenoxy) is 1. The summed E-state index contributed by atoms with van der Waals surface area (Å²) in [6.07, 6.45) is 2.68. The number of aromatic nitrogens is 1. The van der Waals surface area contributed by atoms with E-state index in [1.54, 1.807) is 18.4 Å². The Bertz CT molecular complexity index is 373. The molecule has 1 aromatic rings. The van der Waals surface area contributed by atoms with Crippen LogP contribution in [0.1, 0.15) is 41.4 Å². The van der Waals surface area contributed by atoms with Gasteiger partial charge in [0.05, 0.1) is 17.3 Å². The van der Waals surface area contributed by atoms with Crippen LogP contribution in [0.5, 0.6) is 0 Å². The van der Waals surface area contributed by atoms with Gasteiger partial charge in [-0.2, -0.15) is 0 Å². The van der Waals surface area contributed by atoms with Crippen molar-refractivity contribution in [2.24, 2.45) is 5.92 Å². The van der Waals surface area contributed by atoms with E-state index in [0.717, 1.165) is 17.5 Å². The van der Waals surface area contributed by atoms with Crippen molar-refractivity contribution in [3.8, 4) is 0 Å². The molecule has 1 aromatic heterocycles. The minimum Gasteiger partial charge on any atom is -0.383 e. The third-order valence-corrected chi connectivity index (χ3v) is 4.59. The van der Waals surface area contributed by atoms with Crippen molar-refractivity contribution in [2.75, 3.05) is 13.7 Å². The van der Waals surface area contributed by atoms with E-state index in [4.69, 9.17) is 4.74 Å². The summed E-state index contributed by atoms with van der Waals surface area (Å²) >= 11 is 1.80. The van der Waals surface area contributed by atoms with Gasteiger partial charge in [-0.05, 0) is 39.5 Å². The van der Waals surface area contributed by atoms with Crippen LogP contribution >= 0.6 is 11.3 Å². The second-order valence-electron chi connectivity index (χ2n) is 4.97. The number of methoxy groups -OCH3 is 1. The summed E-state index contributed by atoms with van der Waals surface area (Å²) in [6.45, 7) is 7.21. The van der Waals surface area contributed by atoms with Gasteiger partial charge in [0.25, 0.3) is 0 Å². The van der Waals surface area contributed by atoms with Crippen LogP contribution in [0.25, 0.3) is 0 Å². The second-order valence-corrected chi connectivity index (χ2v) is 6.20. The molecule has 0 aliphatic heterocycles. The molecule has 2 unspecified atom stereocenters. The van der Waals surface area contributed by atoms with E-state index in [2.05, 4.69) is 31.1 Å². The molecule has 1 aliphatic carbocycles. The maximum absolute atomic E-state index is 5.30. The molecule has 1 saturated carbocycles. The van der Waals surface area contributed by atoms with Crippen molar-refractivity contribution in [2.45, 2.75) is 45.7 Å². The lowest BCUT2D eigenvalue weighted by atomic mass is 10.1. The Labute approximate surface area is 108 Å². The molecule has 1 fully saturated rings. The first kappa shape index (κ1) is 13.0. The van der Waals surface area contributed by atoms with Crippen LogP contribution in [0, 0.1) is 19.8 Å². The first-order valence-electron chi connectivity index (χ1n) is 6.30. The zero-order valence-electron chi connectivity index (χ0n) is 11.1. The van der Waals surface area contributed by atoms with Gasteiger partial charge in [0, 0.05) is 24.1 Å². The van der Waals surface area contributed by atoms with E-state index in [9.17, 15) is 0 Å². The maximum Gasteiger partial charge on any atom is 0.0900 e. The van der Waals surface area contributed by atoms with Crippen LogP contribution < -0.4 is 5.32 Å². The molecule has 0 radical (unpaired) electrons. The minimum atomic E-state index is 0.377. The number of rotatable bonds is 6. The molecule has 0 spiro atoms. The molecule has 4 heteroatoms. The highest BCUT2D eigenvalue weighted by molar-refractivity contribution is 7.11. The summed E-state index contributed by atoms with van der Waals surface area (Å²) in [4.78, 5) is 5.86. The highest BCUT2D eigenvalue weighted by Gasteiger charge is 2.32. The fourth-order valence-electron chi connectivity index (χ4n) is 2.34. The van der Waals surface area contributed by atoms with Gasteiger partial charge in [-0.25, -0.2) is 4.98 Å². The van der Waals surface area contributed by atoms with E-state index in [1.165, 1.54) is 23.4 Å². The Morgan fingerprint density at radius 1 is 1.47 bits per heavy atom. The highest BCUT2D eigenvalue weighted by Crippen LogP contribution is 2.34. The Morgan fingerprint density at radius 3 is 2.65 bits per heavy atom. The van der Waals surface area contributed by atoms with E-state index in [1.807, 2.05) is 0 Å². The predicted molar refractivity (Wildman–Crippen MR) is 71.5 cm³/mol. The van der Waals surface area contributed by atoms with E-state index >= 15 is 0 Å². The predicted octanol–water partition coefficient (Wildman–Crippen LogP) is 2.84. The lowest BCUT2D eigenvalue weighted by Crippen LogP contribution is -2.36. The van der Waals surface area contributed by atoms with Crippen LogP contribution in [-0.2, 0) is 4.74 Å². The normalized spacial score (nSPS) is 19.3. The molecule has 2 atom stereocenters. The second kappa shape index (κ2) is 5.46. The number of thiazole rings is 1. The van der Waals surface area contributed by atoms with Crippen molar-refractivity contribution >= 4 is 11.3 Å². The molecule has 3 nitrogen and oxygen atoms in total. The average molecular weight is 254 g/mol. The van der Waals surface area contributed by atoms with Crippen molar-refractivity contribution < 1.29 is 4.74 Å². The highest BCUT2D eigenvalue weighted by atomic mass is 32.1. The fraction of sp³-hybridized carbons (Fsp3) is 0.769. The monoisotopic (exact) mass is 254 g/mol. The zero-order chi connectivity index (χ0) is 12.4. The zero-order valence-corrected chi connectivity index (χ0v) is 11.9. The van der Waals surface area contributed by atoms with E-state index < -0.39 is 0 Å². The molecule has 96 valence electrons. The van der Waals surface area contributed by atoms with Crippen molar-refractivity contribution in [1.82, 2.24) is 10.3 Å². The molecule has 1 heterocycles. The van der Waals surface area contributed by atoms with Crippen LogP contribution in [0.3, 0.4) is 0 Å². The quantitative estimate of drug-likeness (QED) is 0.847. The first-order valence-corrected chi connectivity index (χ1v) is 7.12. The van der Waals surface area contributed by atoms with Gasteiger partial charge in [0.1, 0.15) is 0 Å². The van der Waals surface area contributed by atoms with Crippen LogP contribution in [0.2, 0.25) is 0 Å². The van der Waals surface area contributed by atoms with Crippen LogP contribution in [0.15, 0.2) is 0 Å². The Kier molecular flexibility index (Phi) is 4.17. The van der Waals surface area contributed by atoms with E-state index in [-0.39, 0.29) is 0 Å². The molecule has 0 amide bonds. The van der Waals surface area contributed by atoms with Crippen LogP contribution in [0.4, 0.5) is 0 Å². The standard InChI is InChI=1S/C13H22N2OS/c1-8-13(17-10(3)14-8)9(2)15-12(7-16-4)11-5-6-11/h9,11-12,15H,5-7H2,1-4H3. The smallest absolute Gasteiger partial charge is 0.0900 e. The van der Waals surface area contributed by atoms with Gasteiger partial charge in [0.2, 0.25) is 0 Å². The molecule has 0 saturated heterocycles. The molecule has 2 rings (SSSR count). The van der Waals surface area contributed by atoms with Crippen molar-refractivity contribution in [3.05, 3.63) is 15.6 Å². The number of nitrogens with one attached hydrogen (secondary N) is 1. The number of nitrogens with zero attached hydrogens (tertiary/aromatic N) is 1. The van der Waals surface area contributed by atoms with Gasteiger partial charge >= 0.3 is 0 Å². The number of aryl methyl sites for hydroxylation is 2. The summed E-state index contributed by atoms with van der Waals surface area (Å²) < 4.78 is 5.30. The van der Waals surface area contributed by atoms with Gasteiger partial charge in [-0.15, -0.1) is 11.3 Å². The Morgan fingerprint density at radius 2 is 2.18 bits per heavy atom. The third kappa shape index (κ3) is 3.27. The lowest BCUT2D eigenvalue weighted by Gasteiger charge is -2.22. The molecule has 1 N–H and O–H groups in total. The summed E-state index contributed by atoms with van der Waals surface area (Å²) in [5, 5.41) is 4.85. The molecule has 0 bridgehead atoms. The minimum absolute atomic E-state index is 0.377.